The van der Waals surface area contributed by atoms with Crippen molar-refractivity contribution in [1.29, 1.82) is 0 Å². The summed E-state index contributed by atoms with van der Waals surface area (Å²) in [6.45, 7) is 5.34. The molecule has 8 heteroatoms. The molecular weight excluding hydrogens is 459 g/mol. The predicted molar refractivity (Wildman–Crippen MR) is 132 cm³/mol. The minimum Gasteiger partial charge on any atom is -0.379 e. The summed E-state index contributed by atoms with van der Waals surface area (Å²) in [5, 5.41) is 2.56. The third-order valence-corrected chi connectivity index (χ3v) is 7.72. The van der Waals surface area contributed by atoms with Crippen LogP contribution in [0.15, 0.2) is 42.5 Å². The van der Waals surface area contributed by atoms with Crippen molar-refractivity contribution in [2.24, 2.45) is 5.92 Å². The number of anilines is 1. The van der Waals surface area contributed by atoms with E-state index in [0.717, 1.165) is 40.1 Å². The van der Waals surface area contributed by atoms with E-state index in [2.05, 4.69) is 47.2 Å². The minimum absolute atomic E-state index is 0.0252. The maximum atomic E-state index is 13.3. The largest absolute Gasteiger partial charge is 0.379 e. The number of fused-ring (bicyclic) bond motifs is 1. The SMILES string of the molecule is Cc1cc(C)cc(N2C(c3nc4ccccc4[nH]3)CC(C(=O)NC3CCOC3)C(Cl)C2Cl)c1. The Morgan fingerprint density at radius 1 is 1.18 bits per heavy atom. The maximum absolute atomic E-state index is 13.3. The molecule has 0 bridgehead atoms. The number of carbonyl (C=O) groups excluding carboxylic acids is 1. The van der Waals surface area contributed by atoms with Gasteiger partial charge in [-0.15, -0.1) is 11.6 Å². The first-order valence-electron chi connectivity index (χ1n) is 11.4. The van der Waals surface area contributed by atoms with Crippen molar-refractivity contribution in [3.63, 3.8) is 0 Å². The number of aromatic amines is 1. The Hall–Kier alpha value is -2.28. The van der Waals surface area contributed by atoms with Gasteiger partial charge in [0.15, 0.2) is 0 Å². The molecule has 1 amide bonds. The number of piperidine rings is 1. The number of halogens is 2. The van der Waals surface area contributed by atoms with E-state index in [9.17, 15) is 4.79 Å². The van der Waals surface area contributed by atoms with Crippen LogP contribution in [-0.2, 0) is 9.53 Å². The molecule has 0 radical (unpaired) electrons. The van der Waals surface area contributed by atoms with Gasteiger partial charge in [0.1, 0.15) is 11.3 Å². The van der Waals surface area contributed by atoms with E-state index in [0.29, 0.717) is 19.6 Å². The van der Waals surface area contributed by atoms with E-state index in [1.165, 1.54) is 0 Å². The van der Waals surface area contributed by atoms with Crippen molar-refractivity contribution in [3.05, 3.63) is 59.4 Å². The van der Waals surface area contributed by atoms with E-state index in [-0.39, 0.29) is 18.0 Å². The fraction of sp³-hybridized carbons (Fsp3) is 0.440. The van der Waals surface area contributed by atoms with Crippen LogP contribution in [0.1, 0.15) is 35.8 Å². The maximum Gasteiger partial charge on any atom is 0.225 e. The van der Waals surface area contributed by atoms with E-state index in [1.807, 2.05) is 24.3 Å². The van der Waals surface area contributed by atoms with Gasteiger partial charge in [-0.25, -0.2) is 4.98 Å². The van der Waals surface area contributed by atoms with Crippen LogP contribution >= 0.6 is 23.2 Å². The molecule has 0 aliphatic carbocycles. The van der Waals surface area contributed by atoms with Gasteiger partial charge in [0.25, 0.3) is 0 Å². The number of ether oxygens (including phenoxy) is 1. The molecule has 2 aliphatic rings. The first-order valence-corrected chi connectivity index (χ1v) is 12.3. The van der Waals surface area contributed by atoms with Crippen molar-refractivity contribution in [1.82, 2.24) is 15.3 Å². The van der Waals surface area contributed by atoms with Crippen molar-refractivity contribution < 1.29 is 9.53 Å². The van der Waals surface area contributed by atoms with E-state index in [4.69, 9.17) is 32.9 Å². The standard InChI is InChI=1S/C25H28Cl2N4O2/c1-14-9-15(2)11-17(10-14)31-21(24-29-19-5-3-4-6-20(19)30-24)12-18(22(26)23(31)27)25(32)28-16-7-8-33-13-16/h3-6,9-11,16,18,21-23H,7-8,12-13H2,1-2H3,(H,28,32)(H,29,30). The Kier molecular flexibility index (Phi) is 6.25. The number of H-pyrrole nitrogens is 1. The zero-order valence-corrected chi connectivity index (χ0v) is 20.2. The molecule has 2 aliphatic heterocycles. The molecule has 2 N–H and O–H groups in total. The molecule has 2 fully saturated rings. The lowest BCUT2D eigenvalue weighted by molar-refractivity contribution is -0.126. The molecule has 1 aromatic heterocycles. The van der Waals surface area contributed by atoms with Gasteiger partial charge in [-0.3, -0.25) is 4.79 Å². The molecule has 0 spiro atoms. The summed E-state index contributed by atoms with van der Waals surface area (Å²) in [6.07, 6.45) is 1.32. The molecule has 3 heterocycles. The first kappa shape index (κ1) is 22.5. The van der Waals surface area contributed by atoms with Crippen molar-refractivity contribution in [3.8, 4) is 0 Å². The molecule has 2 aromatic carbocycles. The number of aromatic nitrogens is 2. The highest BCUT2D eigenvalue weighted by molar-refractivity contribution is 6.32. The number of nitrogens with one attached hydrogen (secondary N) is 2. The lowest BCUT2D eigenvalue weighted by Gasteiger charge is -2.45. The van der Waals surface area contributed by atoms with Crippen LogP contribution in [0.5, 0.6) is 0 Å². The van der Waals surface area contributed by atoms with Crippen LogP contribution in [0.25, 0.3) is 11.0 Å². The number of amides is 1. The summed E-state index contributed by atoms with van der Waals surface area (Å²) < 4.78 is 5.42. The number of benzene rings is 2. The third-order valence-electron chi connectivity index (χ3n) is 6.57. The number of imidazole rings is 1. The number of alkyl halides is 2. The fourth-order valence-electron chi connectivity index (χ4n) is 5.01. The molecular formula is C25H28Cl2N4O2. The number of para-hydroxylation sites is 2. The predicted octanol–water partition coefficient (Wildman–Crippen LogP) is 4.82. The number of nitrogens with zero attached hydrogens (tertiary/aromatic N) is 2. The second kappa shape index (κ2) is 9.16. The molecule has 6 nitrogen and oxygen atoms in total. The quantitative estimate of drug-likeness (QED) is 0.409. The Morgan fingerprint density at radius 2 is 1.94 bits per heavy atom. The summed E-state index contributed by atoms with van der Waals surface area (Å²) in [4.78, 5) is 23.7. The van der Waals surface area contributed by atoms with Crippen LogP contribution in [-0.4, -0.2) is 46.0 Å². The van der Waals surface area contributed by atoms with E-state index < -0.39 is 16.8 Å². The highest BCUT2D eigenvalue weighted by atomic mass is 35.5. The average Bonchev–Trinajstić information content (AvgIpc) is 3.44. The first-order chi connectivity index (χ1) is 15.9. The van der Waals surface area contributed by atoms with Gasteiger partial charge in [-0.05, 0) is 62.1 Å². The summed E-state index contributed by atoms with van der Waals surface area (Å²) in [5.41, 5.74) is 4.52. The summed E-state index contributed by atoms with van der Waals surface area (Å²) in [6, 6.07) is 14.1. The monoisotopic (exact) mass is 486 g/mol. The summed E-state index contributed by atoms with van der Waals surface area (Å²) in [5.74, 6) is 0.263. The average molecular weight is 487 g/mol. The normalized spacial score (nSPS) is 27.8. The molecule has 5 unspecified atom stereocenters. The van der Waals surface area contributed by atoms with Crippen molar-refractivity contribution in [2.45, 2.75) is 49.7 Å². The Labute approximate surface area is 203 Å². The van der Waals surface area contributed by atoms with Crippen molar-refractivity contribution >= 4 is 45.8 Å². The molecule has 2 saturated heterocycles. The van der Waals surface area contributed by atoms with Gasteiger partial charge in [-0.2, -0.15) is 0 Å². The molecule has 5 atom stereocenters. The van der Waals surface area contributed by atoms with Gasteiger partial charge in [0.2, 0.25) is 5.91 Å². The molecule has 33 heavy (non-hydrogen) atoms. The van der Waals surface area contributed by atoms with Crippen LogP contribution in [0.3, 0.4) is 0 Å². The van der Waals surface area contributed by atoms with Gasteiger partial charge >= 0.3 is 0 Å². The van der Waals surface area contributed by atoms with Gasteiger partial charge in [0.05, 0.1) is 41.0 Å². The number of aryl methyl sites for hydroxylation is 2. The highest BCUT2D eigenvalue weighted by Crippen LogP contribution is 2.44. The fourth-order valence-corrected chi connectivity index (χ4v) is 5.77. The van der Waals surface area contributed by atoms with Crippen LogP contribution in [0.2, 0.25) is 0 Å². The number of rotatable bonds is 4. The molecule has 3 aromatic rings. The summed E-state index contributed by atoms with van der Waals surface area (Å²) >= 11 is 13.9. The lowest BCUT2D eigenvalue weighted by atomic mass is 9.88. The topological polar surface area (TPSA) is 70.2 Å². The Bertz CT molecular complexity index is 1110. The zero-order chi connectivity index (χ0) is 23.1. The van der Waals surface area contributed by atoms with Crippen LogP contribution < -0.4 is 10.2 Å². The van der Waals surface area contributed by atoms with E-state index >= 15 is 0 Å². The Balaban J connectivity index is 1.53. The Morgan fingerprint density at radius 3 is 2.64 bits per heavy atom. The number of hydrogen-bond acceptors (Lipinski definition) is 4. The molecule has 174 valence electrons. The van der Waals surface area contributed by atoms with Crippen LogP contribution in [0.4, 0.5) is 5.69 Å². The van der Waals surface area contributed by atoms with Gasteiger partial charge in [-0.1, -0.05) is 29.8 Å². The minimum atomic E-state index is -0.588. The van der Waals surface area contributed by atoms with Gasteiger partial charge < -0.3 is 19.9 Å². The number of hydrogen-bond donors (Lipinski definition) is 2. The number of carbonyl (C=O) groups is 1. The second-order valence-electron chi connectivity index (χ2n) is 9.14. The molecule has 0 saturated carbocycles. The third kappa shape index (κ3) is 4.44. The zero-order valence-electron chi connectivity index (χ0n) is 18.7. The summed E-state index contributed by atoms with van der Waals surface area (Å²) in [7, 11) is 0. The van der Waals surface area contributed by atoms with E-state index in [1.54, 1.807) is 0 Å². The van der Waals surface area contributed by atoms with Crippen molar-refractivity contribution in [2.75, 3.05) is 18.1 Å². The molecule has 5 rings (SSSR count). The highest BCUT2D eigenvalue weighted by Gasteiger charge is 2.46. The lowest BCUT2D eigenvalue weighted by Crippen LogP contribution is -2.54. The van der Waals surface area contributed by atoms with Crippen LogP contribution in [0, 0.1) is 19.8 Å². The smallest absolute Gasteiger partial charge is 0.225 e. The second-order valence-corrected chi connectivity index (χ2v) is 10.1. The van der Waals surface area contributed by atoms with Gasteiger partial charge in [0, 0.05) is 12.3 Å².